The third-order valence-electron chi connectivity index (χ3n) is 6.27. The number of H-pyrrole nitrogens is 4. The largest absolute Gasteiger partial charge is 0.755 e. The van der Waals surface area contributed by atoms with Crippen LogP contribution in [0.1, 0.15) is 26.7 Å². The molecule has 0 radical (unpaired) electrons. The van der Waals surface area contributed by atoms with Gasteiger partial charge in [-0.25, -0.2) is 22.7 Å². The Morgan fingerprint density at radius 2 is 1.31 bits per heavy atom. The van der Waals surface area contributed by atoms with Gasteiger partial charge in [-0.3, -0.25) is 33.7 Å². The van der Waals surface area contributed by atoms with Crippen LogP contribution in [0.4, 0.5) is 28.4 Å². The molecule has 254 valence electrons. The van der Waals surface area contributed by atoms with Gasteiger partial charge in [-0.2, -0.15) is 10.2 Å². The number of aromatic nitrogens is 4. The first-order chi connectivity index (χ1) is 22.7. The van der Waals surface area contributed by atoms with E-state index in [1.54, 1.807) is 13.8 Å². The van der Waals surface area contributed by atoms with E-state index in [9.17, 15) is 46.6 Å². The Bertz CT molecular complexity index is 2280. The molecular formula is C26H27N10O10S2-. The minimum absolute atomic E-state index is 0.0158. The highest BCUT2D eigenvalue weighted by Gasteiger charge is 2.24. The average molecular weight is 704 g/mol. The Balaban J connectivity index is 1.92. The number of aromatic amines is 4. The molecule has 0 saturated heterocycles. The number of nitrogens with zero attached hydrogens (tertiary/aromatic N) is 5. The monoisotopic (exact) mass is 703 g/mol. The maximum absolute atomic E-state index is 13.5. The SMILES string of the molecule is CCCNS(=O)(=O)c1cc(N=Nc2c(O)[nH]c(=O)[nH]c2=O)ccc1-c1ccc(N=Nc2c(O)[nH]c(=O)[nH]c2=O)cc1N(CCC)S(=O)[O-]. The molecule has 4 aromatic rings. The Kier molecular flexibility index (Phi) is 10.9. The standard InChI is InChI=1S/C26H28N10O10S2/c1-3-9-27-48(45,46)18-12-14(33-35-20-23(39)30-26(42)31-24(20)40)6-8-16(18)15-7-5-13(11-17(15)36(10-4-2)47(43)44)32-34-19-21(37)28-25(41)29-22(19)38/h5-8,11-12,27H,3-4,9-10H2,1-2H3,(H,43,44)(H3,28,29,37,38,41)(H3,30,31,39,40,42)/p-1. The summed E-state index contributed by atoms with van der Waals surface area (Å²) in [6, 6.07) is 7.71. The first-order valence-electron chi connectivity index (χ1n) is 13.8. The van der Waals surface area contributed by atoms with E-state index in [2.05, 4.69) is 25.2 Å². The van der Waals surface area contributed by atoms with E-state index in [-0.39, 0.29) is 46.2 Å². The summed E-state index contributed by atoms with van der Waals surface area (Å²) in [5, 5.41) is 34.9. The fourth-order valence-electron chi connectivity index (χ4n) is 4.16. The van der Waals surface area contributed by atoms with Gasteiger partial charge in [-0.05, 0) is 37.1 Å². The molecular weight excluding hydrogens is 676 g/mol. The number of nitrogens with one attached hydrogen (secondary N) is 5. The van der Waals surface area contributed by atoms with Crippen LogP contribution in [0.2, 0.25) is 0 Å². The molecule has 2 heterocycles. The first kappa shape index (κ1) is 35.3. The molecule has 7 N–H and O–H groups in total. The van der Waals surface area contributed by atoms with Crippen molar-refractivity contribution in [1.29, 1.82) is 0 Å². The Morgan fingerprint density at radius 3 is 1.79 bits per heavy atom. The maximum Gasteiger partial charge on any atom is 0.328 e. The molecule has 0 fully saturated rings. The van der Waals surface area contributed by atoms with Crippen molar-refractivity contribution >= 4 is 49.7 Å². The number of aromatic hydroxyl groups is 2. The van der Waals surface area contributed by atoms with Crippen molar-refractivity contribution in [3.05, 3.63) is 78.1 Å². The van der Waals surface area contributed by atoms with Gasteiger partial charge in [0.2, 0.25) is 33.2 Å². The predicted octanol–water partition coefficient (Wildman–Crippen LogP) is 2.05. The summed E-state index contributed by atoms with van der Waals surface area (Å²) >= 11 is -2.87. The quantitative estimate of drug-likeness (QED) is 0.0785. The summed E-state index contributed by atoms with van der Waals surface area (Å²) in [5.41, 5.74) is -5.38. The highest BCUT2D eigenvalue weighted by Crippen LogP contribution is 2.40. The molecule has 0 aliphatic rings. The number of hydrogen-bond acceptors (Lipinski definition) is 14. The van der Waals surface area contributed by atoms with E-state index >= 15 is 0 Å². The molecule has 2 aromatic heterocycles. The Morgan fingerprint density at radius 1 is 0.792 bits per heavy atom. The highest BCUT2D eigenvalue weighted by atomic mass is 32.2. The zero-order valence-electron chi connectivity index (χ0n) is 25.0. The van der Waals surface area contributed by atoms with Crippen LogP contribution < -0.4 is 31.5 Å². The van der Waals surface area contributed by atoms with E-state index in [0.29, 0.717) is 12.8 Å². The van der Waals surface area contributed by atoms with Crippen LogP contribution in [0.25, 0.3) is 11.1 Å². The van der Waals surface area contributed by atoms with Gasteiger partial charge in [0.05, 0.1) is 22.0 Å². The predicted molar refractivity (Wildman–Crippen MR) is 171 cm³/mol. The van der Waals surface area contributed by atoms with Gasteiger partial charge in [0.15, 0.2) is 0 Å². The molecule has 48 heavy (non-hydrogen) atoms. The number of azo groups is 2. The van der Waals surface area contributed by atoms with Crippen LogP contribution in [-0.4, -0.2) is 60.4 Å². The third kappa shape index (κ3) is 8.03. The van der Waals surface area contributed by atoms with E-state index < -0.39 is 66.9 Å². The van der Waals surface area contributed by atoms with E-state index in [1.807, 2.05) is 19.9 Å². The summed E-state index contributed by atoms with van der Waals surface area (Å²) in [7, 11) is -4.30. The fourth-order valence-corrected chi connectivity index (χ4v) is 6.18. The smallest absolute Gasteiger partial charge is 0.328 e. The second-order valence-electron chi connectivity index (χ2n) is 9.71. The lowest BCUT2D eigenvalue weighted by Gasteiger charge is -2.29. The summed E-state index contributed by atoms with van der Waals surface area (Å²) in [6.45, 7) is 3.46. The highest BCUT2D eigenvalue weighted by molar-refractivity contribution is 7.89. The molecule has 0 saturated carbocycles. The van der Waals surface area contributed by atoms with Crippen molar-refractivity contribution in [2.45, 2.75) is 31.6 Å². The number of anilines is 1. The van der Waals surface area contributed by atoms with E-state index in [1.165, 1.54) is 30.3 Å². The van der Waals surface area contributed by atoms with Crippen LogP contribution in [0, 0.1) is 0 Å². The minimum atomic E-state index is -4.30. The molecule has 1 unspecified atom stereocenters. The zero-order chi connectivity index (χ0) is 35.2. The van der Waals surface area contributed by atoms with Gasteiger partial charge < -0.3 is 19.1 Å². The molecule has 0 amide bonds. The van der Waals surface area contributed by atoms with Crippen LogP contribution in [0.15, 0.2) is 80.9 Å². The van der Waals surface area contributed by atoms with Gasteiger partial charge >= 0.3 is 11.4 Å². The first-order valence-corrected chi connectivity index (χ1v) is 16.4. The van der Waals surface area contributed by atoms with Crippen molar-refractivity contribution in [1.82, 2.24) is 24.7 Å². The van der Waals surface area contributed by atoms with E-state index in [0.717, 1.165) is 10.4 Å². The summed E-state index contributed by atoms with van der Waals surface area (Å²) in [6.07, 6.45) is 0.777. The van der Waals surface area contributed by atoms with Crippen molar-refractivity contribution in [2.75, 3.05) is 17.4 Å². The lowest BCUT2D eigenvalue weighted by molar-refractivity contribution is 0.449. The van der Waals surface area contributed by atoms with Crippen molar-refractivity contribution in [2.24, 2.45) is 20.5 Å². The topological polar surface area (TPSA) is 311 Å². The Labute approximate surface area is 271 Å². The van der Waals surface area contributed by atoms with Gasteiger partial charge in [-0.15, -0.1) is 10.2 Å². The molecule has 4 rings (SSSR count). The second-order valence-corrected chi connectivity index (χ2v) is 12.3. The summed E-state index contributed by atoms with van der Waals surface area (Å²) < 4.78 is 55.3. The van der Waals surface area contributed by atoms with Crippen LogP contribution in [-0.2, 0) is 21.3 Å². The summed E-state index contributed by atoms with van der Waals surface area (Å²) in [5.74, 6) is -1.73. The average Bonchev–Trinajstić information content (AvgIpc) is 3.01. The molecule has 0 bridgehead atoms. The minimum Gasteiger partial charge on any atom is -0.755 e. The molecule has 1 atom stereocenters. The van der Waals surface area contributed by atoms with Crippen LogP contribution in [0.5, 0.6) is 11.8 Å². The number of benzene rings is 2. The van der Waals surface area contributed by atoms with Crippen molar-refractivity contribution in [3.63, 3.8) is 0 Å². The lowest BCUT2D eigenvalue weighted by Crippen LogP contribution is -2.27. The lowest BCUT2D eigenvalue weighted by atomic mass is 10.0. The molecule has 20 nitrogen and oxygen atoms in total. The Hall–Kier alpha value is -5.58. The molecule has 0 aliphatic carbocycles. The van der Waals surface area contributed by atoms with Crippen LogP contribution >= 0.6 is 0 Å². The number of hydrogen-bond donors (Lipinski definition) is 7. The number of sulfonamides is 1. The summed E-state index contributed by atoms with van der Waals surface area (Å²) in [4.78, 5) is 54.2. The normalized spacial score (nSPS) is 12.6. The van der Waals surface area contributed by atoms with Gasteiger partial charge in [0.25, 0.3) is 11.1 Å². The van der Waals surface area contributed by atoms with Crippen molar-refractivity contribution < 1.29 is 27.4 Å². The van der Waals surface area contributed by atoms with Gasteiger partial charge in [-0.1, -0.05) is 26.0 Å². The molecule has 0 spiro atoms. The molecule has 22 heteroatoms. The fraction of sp³-hybridized carbons (Fsp3) is 0.231. The third-order valence-corrected chi connectivity index (χ3v) is 8.51. The van der Waals surface area contributed by atoms with Crippen molar-refractivity contribution in [3.8, 4) is 22.9 Å². The molecule has 0 aliphatic heterocycles. The maximum atomic E-state index is 13.5. The molecule has 2 aromatic carbocycles. The zero-order valence-corrected chi connectivity index (χ0v) is 26.6. The second kappa shape index (κ2) is 14.9. The van der Waals surface area contributed by atoms with Gasteiger partial charge in [0, 0.05) is 35.5 Å². The van der Waals surface area contributed by atoms with Gasteiger partial charge in [0.1, 0.15) is 0 Å². The van der Waals surface area contributed by atoms with Crippen LogP contribution in [0.3, 0.4) is 0 Å². The number of rotatable bonds is 13. The van der Waals surface area contributed by atoms with E-state index in [4.69, 9.17) is 0 Å².